The number of hydrogen-bond acceptors (Lipinski definition) is 4. The highest BCUT2D eigenvalue weighted by Crippen LogP contribution is 2.19. The number of carbonyl (C=O) groups excluding carboxylic acids is 1. The molecule has 0 unspecified atom stereocenters. The summed E-state index contributed by atoms with van der Waals surface area (Å²) in [6, 6.07) is 4.79. The molecule has 0 saturated heterocycles. The SMILES string of the molecule is Cn1cnc(CCNC(=O)c2ccc(N)c(Cl)c2)n1. The average Bonchev–Trinajstić information content (AvgIpc) is 2.78. The Hall–Kier alpha value is -2.08. The van der Waals surface area contributed by atoms with E-state index >= 15 is 0 Å². The zero-order chi connectivity index (χ0) is 13.8. The fourth-order valence-corrected chi connectivity index (χ4v) is 1.74. The predicted molar refractivity (Wildman–Crippen MR) is 72.9 cm³/mol. The van der Waals surface area contributed by atoms with E-state index in [9.17, 15) is 4.79 Å². The van der Waals surface area contributed by atoms with Crippen LogP contribution in [0.5, 0.6) is 0 Å². The van der Waals surface area contributed by atoms with Crippen molar-refractivity contribution in [2.75, 3.05) is 12.3 Å². The summed E-state index contributed by atoms with van der Waals surface area (Å²) in [5.74, 6) is 0.496. The van der Waals surface area contributed by atoms with Gasteiger partial charge >= 0.3 is 0 Å². The van der Waals surface area contributed by atoms with Gasteiger partial charge in [-0.05, 0) is 18.2 Å². The summed E-state index contributed by atoms with van der Waals surface area (Å²) < 4.78 is 1.62. The minimum absolute atomic E-state index is 0.196. The standard InChI is InChI=1S/C12H14ClN5O/c1-18-7-16-11(17-18)4-5-15-12(19)8-2-3-10(14)9(13)6-8/h2-3,6-7H,4-5,14H2,1H3,(H,15,19). The van der Waals surface area contributed by atoms with E-state index in [2.05, 4.69) is 15.4 Å². The molecule has 1 heterocycles. The summed E-state index contributed by atoms with van der Waals surface area (Å²) in [7, 11) is 1.80. The topological polar surface area (TPSA) is 85.8 Å². The molecule has 1 aromatic carbocycles. The van der Waals surface area contributed by atoms with Crippen molar-refractivity contribution in [2.45, 2.75) is 6.42 Å². The molecule has 2 aromatic rings. The second-order valence-electron chi connectivity index (χ2n) is 4.08. The second-order valence-corrected chi connectivity index (χ2v) is 4.48. The number of nitrogens with two attached hydrogens (primary N) is 1. The minimum Gasteiger partial charge on any atom is -0.398 e. The molecule has 1 aromatic heterocycles. The first-order valence-electron chi connectivity index (χ1n) is 5.74. The van der Waals surface area contributed by atoms with Crippen molar-refractivity contribution in [2.24, 2.45) is 7.05 Å². The molecule has 0 aliphatic carbocycles. The van der Waals surface area contributed by atoms with Gasteiger partial charge in [0.25, 0.3) is 5.91 Å². The Bertz CT molecular complexity index is 596. The Balaban J connectivity index is 1.89. The van der Waals surface area contributed by atoms with Crippen molar-refractivity contribution < 1.29 is 4.79 Å². The smallest absolute Gasteiger partial charge is 0.251 e. The van der Waals surface area contributed by atoms with Gasteiger partial charge in [0.1, 0.15) is 6.33 Å². The van der Waals surface area contributed by atoms with Crippen LogP contribution < -0.4 is 11.1 Å². The van der Waals surface area contributed by atoms with Crippen LogP contribution >= 0.6 is 11.6 Å². The van der Waals surface area contributed by atoms with Gasteiger partial charge in [-0.3, -0.25) is 9.48 Å². The molecule has 0 atom stereocenters. The molecular weight excluding hydrogens is 266 g/mol. The van der Waals surface area contributed by atoms with E-state index in [1.165, 1.54) is 0 Å². The maximum absolute atomic E-state index is 11.8. The molecule has 0 fully saturated rings. The molecule has 0 spiro atoms. The third-order valence-electron chi connectivity index (χ3n) is 2.54. The summed E-state index contributed by atoms with van der Waals surface area (Å²) in [5, 5.41) is 7.27. The first-order chi connectivity index (χ1) is 9.06. The van der Waals surface area contributed by atoms with Gasteiger partial charge in [0.2, 0.25) is 0 Å². The molecule has 0 saturated carbocycles. The summed E-state index contributed by atoms with van der Waals surface area (Å²) in [4.78, 5) is 15.9. The van der Waals surface area contributed by atoms with Crippen LogP contribution in [0.2, 0.25) is 5.02 Å². The number of halogens is 1. The lowest BCUT2D eigenvalue weighted by molar-refractivity contribution is 0.0954. The first-order valence-corrected chi connectivity index (χ1v) is 6.12. The van der Waals surface area contributed by atoms with E-state index in [0.29, 0.717) is 35.1 Å². The van der Waals surface area contributed by atoms with Crippen molar-refractivity contribution in [3.63, 3.8) is 0 Å². The van der Waals surface area contributed by atoms with Gasteiger partial charge in [-0.1, -0.05) is 11.6 Å². The van der Waals surface area contributed by atoms with Gasteiger partial charge in [-0.25, -0.2) is 4.98 Å². The number of anilines is 1. The van der Waals surface area contributed by atoms with Crippen LogP contribution in [0.15, 0.2) is 24.5 Å². The maximum Gasteiger partial charge on any atom is 0.251 e. The quantitative estimate of drug-likeness (QED) is 0.818. The lowest BCUT2D eigenvalue weighted by Gasteiger charge is -2.05. The molecule has 7 heteroatoms. The number of amides is 1. The van der Waals surface area contributed by atoms with Gasteiger partial charge in [0.15, 0.2) is 5.82 Å². The minimum atomic E-state index is -0.196. The lowest BCUT2D eigenvalue weighted by atomic mass is 10.2. The molecule has 1 amide bonds. The zero-order valence-electron chi connectivity index (χ0n) is 10.4. The summed E-state index contributed by atoms with van der Waals surface area (Å²) >= 11 is 5.86. The van der Waals surface area contributed by atoms with E-state index in [1.807, 2.05) is 0 Å². The van der Waals surface area contributed by atoms with Crippen molar-refractivity contribution in [1.29, 1.82) is 0 Å². The monoisotopic (exact) mass is 279 g/mol. The number of nitrogens with zero attached hydrogens (tertiary/aromatic N) is 3. The van der Waals surface area contributed by atoms with Crippen LogP contribution in [0.3, 0.4) is 0 Å². The fourth-order valence-electron chi connectivity index (χ4n) is 1.56. The van der Waals surface area contributed by atoms with Gasteiger partial charge in [-0.15, -0.1) is 0 Å². The second kappa shape index (κ2) is 5.71. The Morgan fingerprint density at radius 3 is 2.95 bits per heavy atom. The van der Waals surface area contributed by atoms with Crippen LogP contribution in [-0.4, -0.2) is 27.2 Å². The van der Waals surface area contributed by atoms with Crippen LogP contribution in [0, 0.1) is 0 Å². The van der Waals surface area contributed by atoms with Crippen molar-refractivity contribution in [3.8, 4) is 0 Å². The molecule has 100 valence electrons. The molecular formula is C12H14ClN5O. The molecule has 0 aliphatic rings. The normalized spacial score (nSPS) is 10.4. The largest absolute Gasteiger partial charge is 0.398 e. The maximum atomic E-state index is 11.8. The van der Waals surface area contributed by atoms with Crippen LogP contribution in [0.25, 0.3) is 0 Å². The number of hydrogen-bond donors (Lipinski definition) is 2. The fraction of sp³-hybridized carbons (Fsp3) is 0.250. The molecule has 6 nitrogen and oxygen atoms in total. The highest BCUT2D eigenvalue weighted by atomic mass is 35.5. The van der Waals surface area contributed by atoms with E-state index in [-0.39, 0.29) is 5.91 Å². The predicted octanol–water partition coefficient (Wildman–Crippen LogP) is 1.02. The molecule has 2 rings (SSSR count). The number of nitrogen functional groups attached to an aromatic ring is 1. The van der Waals surface area contributed by atoms with Crippen molar-refractivity contribution in [3.05, 3.63) is 40.9 Å². The van der Waals surface area contributed by atoms with Crippen LogP contribution in [0.1, 0.15) is 16.2 Å². The van der Waals surface area contributed by atoms with Crippen LogP contribution in [0.4, 0.5) is 5.69 Å². The first kappa shape index (κ1) is 13.4. The van der Waals surface area contributed by atoms with E-state index in [4.69, 9.17) is 17.3 Å². The Morgan fingerprint density at radius 1 is 1.53 bits per heavy atom. The Labute approximate surface area is 115 Å². The van der Waals surface area contributed by atoms with Gasteiger partial charge in [-0.2, -0.15) is 5.10 Å². The van der Waals surface area contributed by atoms with E-state index in [1.54, 1.807) is 36.3 Å². The molecule has 3 N–H and O–H groups in total. The highest BCUT2D eigenvalue weighted by molar-refractivity contribution is 6.33. The Kier molecular flexibility index (Phi) is 4.01. The van der Waals surface area contributed by atoms with Crippen molar-refractivity contribution >= 4 is 23.2 Å². The van der Waals surface area contributed by atoms with Gasteiger partial charge in [0.05, 0.1) is 10.7 Å². The molecule has 0 bridgehead atoms. The lowest BCUT2D eigenvalue weighted by Crippen LogP contribution is -2.26. The summed E-state index contributed by atoms with van der Waals surface area (Å²) in [6.45, 7) is 0.463. The number of aromatic nitrogens is 3. The third kappa shape index (κ3) is 3.45. The number of nitrogens with one attached hydrogen (secondary N) is 1. The van der Waals surface area contributed by atoms with Crippen molar-refractivity contribution in [1.82, 2.24) is 20.1 Å². The van der Waals surface area contributed by atoms with Gasteiger partial charge < -0.3 is 11.1 Å². The number of rotatable bonds is 4. The molecule has 0 radical (unpaired) electrons. The van der Waals surface area contributed by atoms with Crippen LogP contribution in [-0.2, 0) is 13.5 Å². The highest BCUT2D eigenvalue weighted by Gasteiger charge is 2.07. The molecule has 19 heavy (non-hydrogen) atoms. The summed E-state index contributed by atoms with van der Waals surface area (Å²) in [5.41, 5.74) is 6.52. The van der Waals surface area contributed by atoms with E-state index < -0.39 is 0 Å². The van der Waals surface area contributed by atoms with E-state index in [0.717, 1.165) is 0 Å². The summed E-state index contributed by atoms with van der Waals surface area (Å²) in [6.07, 6.45) is 2.20. The average molecular weight is 280 g/mol. The molecule has 0 aliphatic heterocycles. The third-order valence-corrected chi connectivity index (χ3v) is 2.87. The zero-order valence-corrected chi connectivity index (χ0v) is 11.2. The number of benzene rings is 1. The Morgan fingerprint density at radius 2 is 2.32 bits per heavy atom. The number of aryl methyl sites for hydroxylation is 1. The number of carbonyl (C=O) groups is 1. The van der Waals surface area contributed by atoms with Gasteiger partial charge in [0, 0.05) is 25.6 Å².